The number of hydrogen-bond donors (Lipinski definition) is 0. The van der Waals surface area contributed by atoms with Crippen molar-refractivity contribution in [2.24, 2.45) is 0 Å². The Kier molecular flexibility index (Phi) is 4.69. The quantitative estimate of drug-likeness (QED) is 0.713. The van der Waals surface area contributed by atoms with E-state index in [0.29, 0.717) is 6.54 Å². The molecule has 0 atom stereocenters. The lowest BCUT2D eigenvalue weighted by Crippen LogP contribution is -2.32. The number of nitrogens with zero attached hydrogens (tertiary/aromatic N) is 4. The maximum atomic E-state index is 13.0. The lowest BCUT2D eigenvalue weighted by molar-refractivity contribution is 0.288. The zero-order valence-electron chi connectivity index (χ0n) is 15.0. The van der Waals surface area contributed by atoms with Crippen LogP contribution < -0.4 is 5.56 Å². The van der Waals surface area contributed by atoms with Crippen LogP contribution in [0.1, 0.15) is 30.9 Å². The number of pyridine rings is 1. The molecule has 0 amide bonds. The molecule has 3 heterocycles. The molecule has 3 rings (SSSR count). The van der Waals surface area contributed by atoms with Crippen molar-refractivity contribution >= 4 is 31.8 Å². The summed E-state index contributed by atoms with van der Waals surface area (Å²) in [6.07, 6.45) is 0. The van der Waals surface area contributed by atoms with Crippen molar-refractivity contribution in [2.45, 2.75) is 41.2 Å². The van der Waals surface area contributed by atoms with Gasteiger partial charge in [-0.15, -0.1) is 11.3 Å². The van der Waals surface area contributed by atoms with Gasteiger partial charge in [0.15, 0.2) is 0 Å². The molecule has 0 aromatic carbocycles. The number of likely N-dealkylation sites (N-methyl/N-ethyl adjacent to an activating group) is 1. The first-order chi connectivity index (χ1) is 11.5. The highest BCUT2D eigenvalue weighted by molar-refractivity contribution is 7.25. The van der Waals surface area contributed by atoms with E-state index in [4.69, 9.17) is 4.98 Å². The Morgan fingerprint density at radius 1 is 1.17 bits per heavy atom. The van der Waals surface area contributed by atoms with Crippen LogP contribution in [0.3, 0.4) is 0 Å². The third-order valence-electron chi connectivity index (χ3n) is 4.60. The van der Waals surface area contributed by atoms with Crippen LogP contribution in [-0.2, 0) is 6.54 Å². The first kappa shape index (κ1) is 17.0. The zero-order valence-corrected chi connectivity index (χ0v) is 15.8. The van der Waals surface area contributed by atoms with Crippen molar-refractivity contribution in [2.75, 3.05) is 19.6 Å². The van der Waals surface area contributed by atoms with E-state index in [1.54, 1.807) is 4.57 Å². The Morgan fingerprint density at radius 3 is 2.54 bits per heavy atom. The smallest absolute Gasteiger partial charge is 0.271 e. The summed E-state index contributed by atoms with van der Waals surface area (Å²) in [5, 5.41) is 1.02. The minimum Gasteiger partial charge on any atom is -0.302 e. The van der Waals surface area contributed by atoms with Gasteiger partial charge in [-0.25, -0.2) is 9.97 Å². The summed E-state index contributed by atoms with van der Waals surface area (Å²) < 4.78 is 2.52. The number of hydrogen-bond acceptors (Lipinski definition) is 5. The number of rotatable bonds is 5. The molecule has 24 heavy (non-hydrogen) atoms. The monoisotopic (exact) mass is 344 g/mol. The Morgan fingerprint density at radius 2 is 1.88 bits per heavy atom. The molecule has 3 aromatic rings. The fourth-order valence-electron chi connectivity index (χ4n) is 3.21. The van der Waals surface area contributed by atoms with Gasteiger partial charge < -0.3 is 4.90 Å². The topological polar surface area (TPSA) is 51.0 Å². The van der Waals surface area contributed by atoms with Crippen LogP contribution in [0.15, 0.2) is 10.9 Å². The van der Waals surface area contributed by atoms with Gasteiger partial charge in [-0.2, -0.15) is 0 Å². The number of aryl methyl sites for hydroxylation is 3. The second-order valence-electron chi connectivity index (χ2n) is 6.18. The largest absolute Gasteiger partial charge is 0.302 e. The van der Waals surface area contributed by atoms with Crippen LogP contribution in [0.25, 0.3) is 20.4 Å². The van der Waals surface area contributed by atoms with Gasteiger partial charge in [0, 0.05) is 24.2 Å². The molecule has 6 heteroatoms. The summed E-state index contributed by atoms with van der Waals surface area (Å²) in [6.45, 7) is 13.8. The molecule has 0 bridgehead atoms. The maximum absolute atomic E-state index is 13.0. The van der Waals surface area contributed by atoms with Crippen LogP contribution >= 0.6 is 11.3 Å². The van der Waals surface area contributed by atoms with Gasteiger partial charge in [0.05, 0.1) is 5.52 Å². The van der Waals surface area contributed by atoms with Gasteiger partial charge in [0.1, 0.15) is 15.4 Å². The summed E-state index contributed by atoms with van der Waals surface area (Å²) >= 11 is 1.46. The van der Waals surface area contributed by atoms with Gasteiger partial charge >= 0.3 is 0 Å². The van der Waals surface area contributed by atoms with Gasteiger partial charge in [0.25, 0.3) is 5.56 Å². The average molecular weight is 344 g/mol. The minimum atomic E-state index is 0.0599. The molecule has 0 fully saturated rings. The molecule has 0 N–H and O–H groups in total. The highest BCUT2D eigenvalue weighted by Gasteiger charge is 2.17. The summed E-state index contributed by atoms with van der Waals surface area (Å²) in [7, 11) is 0. The van der Waals surface area contributed by atoms with E-state index in [2.05, 4.69) is 36.7 Å². The predicted octanol–water partition coefficient (Wildman–Crippen LogP) is 3.27. The molecule has 5 nitrogen and oxygen atoms in total. The first-order valence-corrected chi connectivity index (χ1v) is 9.28. The minimum absolute atomic E-state index is 0.0599. The summed E-state index contributed by atoms with van der Waals surface area (Å²) in [6, 6.07) is 2.05. The second kappa shape index (κ2) is 6.61. The van der Waals surface area contributed by atoms with Crippen molar-refractivity contribution < 1.29 is 0 Å². The highest BCUT2D eigenvalue weighted by atomic mass is 32.1. The van der Waals surface area contributed by atoms with E-state index in [9.17, 15) is 4.79 Å². The summed E-state index contributed by atoms with van der Waals surface area (Å²) in [5.74, 6) is 0.777. The standard InChI is InChI=1S/C18H24N4OS/c1-6-21(7-2)8-9-22-13(5)20-15-14-11(3)10-12(4)19-17(14)24-16(15)18(22)23/h10H,6-9H2,1-5H3. The van der Waals surface area contributed by atoms with E-state index in [1.165, 1.54) is 11.3 Å². The molecule has 0 saturated heterocycles. The van der Waals surface area contributed by atoms with Crippen LogP contribution in [0.4, 0.5) is 0 Å². The Balaban J connectivity index is 2.15. The molecular formula is C18H24N4OS. The van der Waals surface area contributed by atoms with Gasteiger partial charge in [0.2, 0.25) is 0 Å². The van der Waals surface area contributed by atoms with Crippen molar-refractivity contribution in [3.05, 3.63) is 33.5 Å². The fourth-order valence-corrected chi connectivity index (χ4v) is 4.40. The number of fused-ring (bicyclic) bond motifs is 3. The van der Waals surface area contributed by atoms with Crippen LogP contribution in [0, 0.1) is 20.8 Å². The van der Waals surface area contributed by atoms with E-state index in [1.807, 2.05) is 13.8 Å². The normalized spacial score (nSPS) is 11.9. The van der Waals surface area contributed by atoms with Gasteiger partial charge in [-0.05, 0) is 45.5 Å². The van der Waals surface area contributed by atoms with E-state index < -0.39 is 0 Å². The molecule has 0 aliphatic rings. The molecule has 0 unspecified atom stereocenters. The van der Waals surface area contributed by atoms with Gasteiger partial charge in [-0.3, -0.25) is 9.36 Å². The molecule has 0 aliphatic carbocycles. The third kappa shape index (κ3) is 2.84. The van der Waals surface area contributed by atoms with E-state index in [-0.39, 0.29) is 5.56 Å². The van der Waals surface area contributed by atoms with E-state index >= 15 is 0 Å². The number of thiophene rings is 1. The molecule has 128 valence electrons. The zero-order chi connectivity index (χ0) is 17.4. The maximum Gasteiger partial charge on any atom is 0.271 e. The lowest BCUT2D eigenvalue weighted by atomic mass is 10.1. The Bertz CT molecular complexity index is 953. The van der Waals surface area contributed by atoms with Crippen LogP contribution in [0.2, 0.25) is 0 Å². The predicted molar refractivity (Wildman–Crippen MR) is 101 cm³/mol. The third-order valence-corrected chi connectivity index (χ3v) is 5.66. The molecule has 3 aromatic heterocycles. The van der Waals surface area contributed by atoms with E-state index in [0.717, 1.165) is 57.1 Å². The molecule has 0 aliphatic heterocycles. The van der Waals surface area contributed by atoms with Crippen molar-refractivity contribution in [3.8, 4) is 0 Å². The number of aromatic nitrogens is 3. The second-order valence-corrected chi connectivity index (χ2v) is 7.18. The highest BCUT2D eigenvalue weighted by Crippen LogP contribution is 2.32. The summed E-state index contributed by atoms with van der Waals surface area (Å²) in [4.78, 5) is 25.6. The van der Waals surface area contributed by atoms with Crippen molar-refractivity contribution in [1.29, 1.82) is 0 Å². The first-order valence-electron chi connectivity index (χ1n) is 8.46. The van der Waals surface area contributed by atoms with Gasteiger partial charge in [-0.1, -0.05) is 13.8 Å². The lowest BCUT2D eigenvalue weighted by Gasteiger charge is -2.19. The molecule has 0 spiro atoms. The average Bonchev–Trinajstić information content (AvgIpc) is 2.89. The van der Waals surface area contributed by atoms with Crippen LogP contribution in [-0.4, -0.2) is 39.1 Å². The molecular weight excluding hydrogens is 320 g/mol. The molecule has 0 radical (unpaired) electrons. The van der Waals surface area contributed by atoms with Crippen molar-refractivity contribution in [1.82, 2.24) is 19.4 Å². The molecule has 0 saturated carbocycles. The fraction of sp³-hybridized carbons (Fsp3) is 0.500. The van der Waals surface area contributed by atoms with Crippen molar-refractivity contribution in [3.63, 3.8) is 0 Å². The Hall–Kier alpha value is -1.79. The summed E-state index contributed by atoms with van der Waals surface area (Å²) in [5.41, 5.74) is 2.98. The SMILES string of the molecule is CCN(CC)CCn1c(C)nc2c(sc3nc(C)cc(C)c32)c1=O. The van der Waals surface area contributed by atoms with Crippen LogP contribution in [0.5, 0.6) is 0 Å². The Labute approximate surface area is 146 Å².